The lowest BCUT2D eigenvalue weighted by Gasteiger charge is -2.07. The zero-order valence-electron chi connectivity index (χ0n) is 8.42. The molecule has 1 rings (SSSR count). The monoisotopic (exact) mass is 288 g/mol. The van der Waals surface area contributed by atoms with Crippen molar-refractivity contribution in [3.8, 4) is 0 Å². The molecule has 1 heterocycles. The maximum Gasteiger partial charge on any atom is 0.363 e. The molecule has 0 fully saturated rings. The Balaban J connectivity index is 2.81. The zero-order chi connectivity index (χ0) is 12.1. The van der Waals surface area contributed by atoms with E-state index in [1.54, 1.807) is 6.92 Å². The maximum atomic E-state index is 11.3. The smallest absolute Gasteiger partial charge is 0.363 e. The van der Waals surface area contributed by atoms with Crippen molar-refractivity contribution < 1.29 is 14.5 Å². The van der Waals surface area contributed by atoms with Gasteiger partial charge < -0.3 is 14.9 Å². The number of alkyl halides is 1. The summed E-state index contributed by atoms with van der Waals surface area (Å²) in [5.41, 5.74) is 0.518. The van der Waals surface area contributed by atoms with Crippen LogP contribution in [-0.4, -0.2) is 22.5 Å². The molecule has 86 valence electrons. The molecule has 16 heavy (non-hydrogen) atoms. The van der Waals surface area contributed by atoms with Crippen LogP contribution in [0, 0.1) is 10.1 Å². The minimum atomic E-state index is -0.652. The van der Waals surface area contributed by atoms with Crippen LogP contribution < -0.4 is 0 Å². The zero-order valence-corrected chi connectivity index (χ0v) is 10.0. The van der Waals surface area contributed by atoms with Crippen molar-refractivity contribution in [2.45, 2.75) is 11.8 Å². The second kappa shape index (κ2) is 5.55. The third-order valence-electron chi connectivity index (χ3n) is 1.74. The van der Waals surface area contributed by atoms with Gasteiger partial charge in [0.25, 0.3) is 0 Å². The predicted octanol–water partition coefficient (Wildman–Crippen LogP) is 1.99. The van der Waals surface area contributed by atoms with E-state index in [1.165, 1.54) is 18.3 Å². The summed E-state index contributed by atoms with van der Waals surface area (Å²) in [6.45, 7) is 1.98. The fourth-order valence-corrected chi connectivity index (χ4v) is 1.41. The second-order valence-electron chi connectivity index (χ2n) is 2.82. The summed E-state index contributed by atoms with van der Waals surface area (Å²) in [6, 6.07) is 2.70. The van der Waals surface area contributed by atoms with Crippen molar-refractivity contribution in [2.24, 2.45) is 0 Å². The van der Waals surface area contributed by atoms with Crippen LogP contribution in [0.2, 0.25) is 0 Å². The summed E-state index contributed by atoms with van der Waals surface area (Å²) < 4.78 is 4.79. The molecule has 0 aliphatic rings. The molecule has 0 saturated carbocycles. The highest BCUT2D eigenvalue weighted by Crippen LogP contribution is 2.24. The lowest BCUT2D eigenvalue weighted by molar-refractivity contribution is -0.389. The van der Waals surface area contributed by atoms with Crippen LogP contribution >= 0.6 is 15.9 Å². The van der Waals surface area contributed by atoms with Crippen LogP contribution in [0.15, 0.2) is 18.3 Å². The molecule has 1 unspecified atom stereocenters. The number of carbonyl (C=O) groups excluding carboxylic acids is 1. The van der Waals surface area contributed by atoms with E-state index >= 15 is 0 Å². The molecule has 0 saturated heterocycles. The van der Waals surface area contributed by atoms with Crippen LogP contribution in [0.4, 0.5) is 5.82 Å². The van der Waals surface area contributed by atoms with Gasteiger partial charge in [-0.3, -0.25) is 4.79 Å². The Labute approximate surface area is 99.9 Å². The first-order valence-corrected chi connectivity index (χ1v) is 5.39. The van der Waals surface area contributed by atoms with E-state index in [4.69, 9.17) is 4.74 Å². The third-order valence-corrected chi connectivity index (χ3v) is 2.65. The third kappa shape index (κ3) is 2.99. The van der Waals surface area contributed by atoms with Gasteiger partial charge in [0.05, 0.1) is 6.61 Å². The van der Waals surface area contributed by atoms with Crippen molar-refractivity contribution in [1.29, 1.82) is 0 Å². The number of nitro groups is 1. The number of nitrogens with zero attached hydrogens (tertiary/aromatic N) is 2. The molecule has 0 radical (unpaired) electrons. The predicted molar refractivity (Wildman–Crippen MR) is 59.2 cm³/mol. The summed E-state index contributed by atoms with van der Waals surface area (Å²) in [5.74, 6) is -0.703. The van der Waals surface area contributed by atoms with Crippen molar-refractivity contribution >= 4 is 27.7 Å². The first kappa shape index (κ1) is 12.6. The number of halogens is 1. The SMILES string of the molecule is CCOC(=O)C(Br)c1ccc([N+](=O)[O-])nc1. The van der Waals surface area contributed by atoms with E-state index in [2.05, 4.69) is 20.9 Å². The summed E-state index contributed by atoms with van der Waals surface area (Å²) in [4.78, 5) is 24.0. The van der Waals surface area contributed by atoms with Crippen LogP contribution in [0.5, 0.6) is 0 Å². The highest BCUT2D eigenvalue weighted by molar-refractivity contribution is 9.09. The molecule has 1 aromatic rings. The summed E-state index contributed by atoms with van der Waals surface area (Å²) in [7, 11) is 0. The van der Waals surface area contributed by atoms with E-state index in [-0.39, 0.29) is 12.4 Å². The summed E-state index contributed by atoms with van der Waals surface area (Å²) in [5, 5.41) is 10.4. The Hall–Kier alpha value is -1.50. The van der Waals surface area contributed by atoms with Gasteiger partial charge >= 0.3 is 11.8 Å². The van der Waals surface area contributed by atoms with Crippen LogP contribution in [-0.2, 0) is 9.53 Å². The number of rotatable bonds is 4. The highest BCUT2D eigenvalue weighted by atomic mass is 79.9. The summed E-state index contributed by atoms with van der Waals surface area (Å²) >= 11 is 3.13. The van der Waals surface area contributed by atoms with Gasteiger partial charge in [-0.25, -0.2) is 0 Å². The molecule has 1 aromatic heterocycles. The molecule has 0 spiro atoms. The number of carbonyl (C=O) groups is 1. The first-order chi connectivity index (χ1) is 7.56. The van der Waals surface area contributed by atoms with Crippen molar-refractivity contribution in [3.63, 3.8) is 0 Å². The van der Waals surface area contributed by atoms with Crippen LogP contribution in [0.3, 0.4) is 0 Å². The van der Waals surface area contributed by atoms with Gasteiger partial charge in [0.2, 0.25) is 0 Å². The van der Waals surface area contributed by atoms with Crippen molar-refractivity contribution in [3.05, 3.63) is 34.0 Å². The molecule has 0 N–H and O–H groups in total. The lowest BCUT2D eigenvalue weighted by Crippen LogP contribution is -2.11. The molecular formula is C9H9BrN2O4. The number of hydrogen-bond acceptors (Lipinski definition) is 5. The largest absolute Gasteiger partial charge is 0.465 e. The molecule has 0 aliphatic carbocycles. The van der Waals surface area contributed by atoms with E-state index in [9.17, 15) is 14.9 Å². The van der Waals surface area contributed by atoms with Crippen molar-refractivity contribution in [2.75, 3.05) is 6.61 Å². The molecule has 0 amide bonds. The van der Waals surface area contributed by atoms with E-state index in [0.717, 1.165) is 0 Å². The number of ether oxygens (including phenoxy) is 1. The Morgan fingerprint density at radius 1 is 1.69 bits per heavy atom. The molecule has 1 atom stereocenters. The highest BCUT2D eigenvalue weighted by Gasteiger charge is 2.20. The number of pyridine rings is 1. The molecule has 0 aliphatic heterocycles. The molecule has 0 aromatic carbocycles. The van der Waals surface area contributed by atoms with E-state index in [0.29, 0.717) is 5.56 Å². The fourth-order valence-electron chi connectivity index (χ4n) is 1.01. The Kier molecular flexibility index (Phi) is 4.36. The van der Waals surface area contributed by atoms with Gasteiger partial charge in [0.1, 0.15) is 11.0 Å². The molecule has 0 bridgehead atoms. The van der Waals surface area contributed by atoms with Gasteiger partial charge in [-0.1, -0.05) is 15.9 Å². The lowest BCUT2D eigenvalue weighted by atomic mass is 10.2. The number of aromatic nitrogens is 1. The molecule has 6 nitrogen and oxygen atoms in total. The number of hydrogen-bond donors (Lipinski definition) is 0. The fraction of sp³-hybridized carbons (Fsp3) is 0.333. The van der Waals surface area contributed by atoms with Crippen LogP contribution in [0.25, 0.3) is 0 Å². The van der Waals surface area contributed by atoms with E-state index < -0.39 is 15.7 Å². The quantitative estimate of drug-likeness (QED) is 0.366. The Morgan fingerprint density at radius 3 is 2.81 bits per heavy atom. The minimum Gasteiger partial charge on any atom is -0.465 e. The average Bonchev–Trinajstić information content (AvgIpc) is 2.28. The average molecular weight is 289 g/mol. The van der Waals surface area contributed by atoms with Gasteiger partial charge in [-0.2, -0.15) is 0 Å². The van der Waals surface area contributed by atoms with Crippen LogP contribution in [0.1, 0.15) is 17.3 Å². The van der Waals surface area contributed by atoms with Gasteiger partial charge in [0, 0.05) is 11.6 Å². The molecule has 7 heteroatoms. The topological polar surface area (TPSA) is 82.3 Å². The first-order valence-electron chi connectivity index (χ1n) is 4.47. The molecular weight excluding hydrogens is 280 g/mol. The van der Waals surface area contributed by atoms with Gasteiger partial charge in [0.15, 0.2) is 0 Å². The van der Waals surface area contributed by atoms with Crippen molar-refractivity contribution in [1.82, 2.24) is 4.98 Å². The standard InChI is InChI=1S/C9H9BrN2O4/c1-2-16-9(13)8(10)6-3-4-7(11-5-6)12(14)15/h3-5,8H,2H2,1H3. The second-order valence-corrected chi connectivity index (χ2v) is 3.74. The van der Waals surface area contributed by atoms with E-state index in [1.807, 2.05) is 0 Å². The summed E-state index contributed by atoms with van der Waals surface area (Å²) in [6.07, 6.45) is 1.27. The van der Waals surface area contributed by atoms with Gasteiger partial charge in [-0.15, -0.1) is 0 Å². The minimum absolute atomic E-state index is 0.257. The normalized spacial score (nSPS) is 11.9. The maximum absolute atomic E-state index is 11.3. The Morgan fingerprint density at radius 2 is 2.38 bits per heavy atom. The number of esters is 1. The van der Waals surface area contributed by atoms with Gasteiger partial charge in [-0.05, 0) is 22.9 Å². The Bertz CT molecular complexity index is 393.